The molecule has 0 unspecified atom stereocenters. The second-order valence-corrected chi connectivity index (χ2v) is 6.87. The van der Waals surface area contributed by atoms with Crippen molar-refractivity contribution in [1.82, 2.24) is 0 Å². The maximum Gasteiger partial charge on any atom is 0.0893 e. The Morgan fingerprint density at radius 2 is 2.15 bits per heavy atom. The van der Waals surface area contributed by atoms with Crippen LogP contribution in [0.2, 0.25) is 0 Å². The number of aliphatic hydroxyl groups excluding tert-OH is 1. The Morgan fingerprint density at radius 3 is 2.54 bits per heavy atom. The number of halogens is 2. The lowest BCUT2D eigenvalue weighted by Gasteiger charge is -2.20. The van der Waals surface area contributed by atoms with E-state index in [0.717, 1.165) is 12.7 Å². The smallest absolute Gasteiger partial charge is 0.0893 e. The maximum absolute atomic E-state index is 9.77. The maximum atomic E-state index is 9.77. The van der Waals surface area contributed by atoms with Gasteiger partial charge in [-0.2, -0.15) is 0 Å². The second kappa shape index (κ2) is 4.50. The van der Waals surface area contributed by atoms with Gasteiger partial charge in [0.15, 0.2) is 0 Å². The zero-order valence-corrected chi connectivity index (χ0v) is 11.8. The van der Waals surface area contributed by atoms with Crippen molar-refractivity contribution in [2.75, 3.05) is 6.61 Å². The third-order valence-corrected chi connectivity index (χ3v) is 5.99. The summed E-state index contributed by atoms with van der Waals surface area (Å²) in [5, 5.41) is 18.8. The first-order chi connectivity index (χ1) is 5.95. The van der Waals surface area contributed by atoms with E-state index in [1.165, 1.54) is 0 Å². The van der Waals surface area contributed by atoms with Crippen molar-refractivity contribution in [3.63, 3.8) is 0 Å². The molecule has 13 heavy (non-hydrogen) atoms. The van der Waals surface area contributed by atoms with E-state index in [4.69, 9.17) is 5.11 Å². The standard InChI is InChI=1S/C9H12I2O2/c1-9(2,13)8-3-7(10)6(5-12)4-11-8/h3-4,12-13H,5H2,1-2H3. The van der Waals surface area contributed by atoms with Gasteiger partial charge in [0.05, 0.1) is 12.2 Å². The Kier molecular flexibility index (Phi) is 4.09. The summed E-state index contributed by atoms with van der Waals surface area (Å²) in [7, 11) is 0. The number of hydrogen-bond donors (Lipinski definition) is 2. The van der Waals surface area contributed by atoms with Gasteiger partial charge in [-0.15, -0.1) is 0 Å². The van der Waals surface area contributed by atoms with Gasteiger partial charge in [-0.3, -0.25) is 0 Å². The minimum absolute atomic E-state index is 0.105. The molecule has 1 heterocycles. The fraction of sp³-hybridized carbons (Fsp3) is 0.444. The molecule has 4 heteroatoms. The minimum atomic E-state index is -0.707. The Hall–Kier alpha value is 0.730. The van der Waals surface area contributed by atoms with Crippen molar-refractivity contribution < 1.29 is 10.2 Å². The van der Waals surface area contributed by atoms with Crippen LogP contribution in [-0.2, 0) is 0 Å². The van der Waals surface area contributed by atoms with Crippen LogP contribution in [0.25, 0.3) is 0 Å². The first kappa shape index (κ1) is 11.8. The highest BCUT2D eigenvalue weighted by Gasteiger charge is 2.20. The van der Waals surface area contributed by atoms with E-state index in [0.29, 0.717) is 0 Å². The molecule has 0 atom stereocenters. The highest BCUT2D eigenvalue weighted by molar-refractivity contribution is 14.2. The summed E-state index contributed by atoms with van der Waals surface area (Å²) in [4.78, 5) is 0. The van der Waals surface area contributed by atoms with Crippen LogP contribution < -0.4 is 0 Å². The molecule has 0 aromatic carbocycles. The van der Waals surface area contributed by atoms with Gasteiger partial charge in [0.2, 0.25) is 0 Å². The van der Waals surface area contributed by atoms with Crippen LogP contribution in [0.5, 0.6) is 0 Å². The van der Waals surface area contributed by atoms with Gasteiger partial charge in [-0.05, 0) is 52.2 Å². The second-order valence-electron chi connectivity index (χ2n) is 3.30. The van der Waals surface area contributed by atoms with Crippen molar-refractivity contribution >= 4 is 46.8 Å². The molecule has 0 saturated carbocycles. The van der Waals surface area contributed by atoms with E-state index in [1.807, 2.05) is 6.08 Å². The first-order valence-corrected chi connectivity index (χ1v) is 7.26. The van der Waals surface area contributed by atoms with Crippen LogP contribution in [0, 0.1) is 0 Å². The van der Waals surface area contributed by atoms with Gasteiger partial charge in [-0.1, -0.05) is 20.7 Å². The third-order valence-electron chi connectivity index (χ3n) is 1.62. The largest absolute Gasteiger partial charge is 0.392 e. The molecule has 2 nitrogen and oxygen atoms in total. The molecule has 0 amide bonds. The molecule has 0 radical (unpaired) electrons. The van der Waals surface area contributed by atoms with Crippen molar-refractivity contribution in [3.8, 4) is 0 Å². The Bertz CT molecular complexity index is 295. The normalized spacial score (nSPS) is 18.4. The Morgan fingerprint density at radius 1 is 1.54 bits per heavy atom. The average molecular weight is 406 g/mol. The SMILES string of the molecule is CC(C)(O)C1=IC=C(CO)C(I)=C1. The van der Waals surface area contributed by atoms with Gasteiger partial charge in [0.25, 0.3) is 0 Å². The lowest BCUT2D eigenvalue weighted by molar-refractivity contribution is 0.158. The van der Waals surface area contributed by atoms with Crippen LogP contribution in [0.1, 0.15) is 13.8 Å². The fourth-order valence-corrected chi connectivity index (χ4v) is 5.16. The third kappa shape index (κ3) is 3.10. The molecule has 1 rings (SSSR count). The van der Waals surface area contributed by atoms with E-state index < -0.39 is 5.60 Å². The van der Waals surface area contributed by atoms with Crippen molar-refractivity contribution in [1.29, 1.82) is 0 Å². The molecular weight excluding hydrogens is 394 g/mol. The van der Waals surface area contributed by atoms with Gasteiger partial charge < -0.3 is 10.2 Å². The van der Waals surface area contributed by atoms with Crippen LogP contribution in [0.4, 0.5) is 0 Å². The van der Waals surface area contributed by atoms with E-state index >= 15 is 0 Å². The highest BCUT2D eigenvalue weighted by atomic mass is 127. The Balaban J connectivity index is 2.99. The lowest BCUT2D eigenvalue weighted by atomic mass is 10.0. The van der Waals surface area contributed by atoms with Crippen LogP contribution in [0.15, 0.2) is 19.3 Å². The summed E-state index contributed by atoms with van der Waals surface area (Å²) < 4.78 is 4.23. The van der Waals surface area contributed by atoms with Gasteiger partial charge in [-0.25, -0.2) is 0 Å². The molecule has 0 fully saturated rings. The summed E-state index contributed by atoms with van der Waals surface area (Å²) >= 11 is 1.94. The molecule has 0 aromatic rings. The van der Waals surface area contributed by atoms with Crippen molar-refractivity contribution in [2.45, 2.75) is 19.4 Å². The van der Waals surface area contributed by atoms with E-state index in [1.54, 1.807) is 13.8 Å². The van der Waals surface area contributed by atoms with E-state index in [-0.39, 0.29) is 27.3 Å². The van der Waals surface area contributed by atoms with Crippen LogP contribution >= 0.6 is 43.3 Å². The molecule has 0 aromatic heterocycles. The van der Waals surface area contributed by atoms with E-state index in [9.17, 15) is 5.11 Å². The molecular formula is C9H12I2O2. The topological polar surface area (TPSA) is 40.5 Å². The molecule has 0 spiro atoms. The van der Waals surface area contributed by atoms with Crippen LogP contribution in [0.3, 0.4) is 0 Å². The molecule has 0 aliphatic carbocycles. The summed E-state index contributed by atoms with van der Waals surface area (Å²) in [6.45, 7) is 3.72. The van der Waals surface area contributed by atoms with Gasteiger partial charge in [0.1, 0.15) is 0 Å². The minimum Gasteiger partial charge on any atom is -0.392 e. The zero-order valence-electron chi connectivity index (χ0n) is 7.51. The molecule has 0 bridgehead atoms. The Labute approximate surface area is 102 Å². The molecule has 1 aliphatic rings. The van der Waals surface area contributed by atoms with Gasteiger partial charge >= 0.3 is 0 Å². The quantitative estimate of drug-likeness (QED) is 0.691. The zero-order chi connectivity index (χ0) is 10.1. The summed E-state index contributed by atoms with van der Waals surface area (Å²) in [5.41, 5.74) is 0.294. The van der Waals surface area contributed by atoms with Crippen molar-refractivity contribution in [2.24, 2.45) is 0 Å². The summed E-state index contributed by atoms with van der Waals surface area (Å²) in [5.74, 6) is 0. The molecule has 74 valence electrons. The number of hydrogen-bond acceptors (Lipinski definition) is 2. The predicted octanol–water partition coefficient (Wildman–Crippen LogP) is 2.11. The highest BCUT2D eigenvalue weighted by Crippen LogP contribution is 2.30. The first-order valence-electron chi connectivity index (χ1n) is 3.86. The fourth-order valence-electron chi connectivity index (χ4n) is 0.832. The summed E-state index contributed by atoms with van der Waals surface area (Å²) in [6.07, 6.45) is 2.00. The molecule has 0 saturated heterocycles. The number of aliphatic hydroxyl groups is 2. The predicted molar refractivity (Wildman–Crippen MR) is 72.6 cm³/mol. The molecule has 2 N–H and O–H groups in total. The summed E-state index contributed by atoms with van der Waals surface area (Å²) in [6, 6.07) is 0. The monoisotopic (exact) mass is 406 g/mol. The van der Waals surface area contributed by atoms with Crippen molar-refractivity contribution in [3.05, 3.63) is 19.3 Å². The molecule has 1 aliphatic heterocycles. The van der Waals surface area contributed by atoms with E-state index in [2.05, 4.69) is 26.7 Å². The van der Waals surface area contributed by atoms with Gasteiger partial charge in [0, 0.05) is 7.09 Å². The van der Waals surface area contributed by atoms with Crippen LogP contribution in [-0.4, -0.2) is 25.9 Å². The number of rotatable bonds is 2. The lowest BCUT2D eigenvalue weighted by Crippen LogP contribution is -2.28. The average Bonchev–Trinajstić information content (AvgIpc) is 2.02.